The first kappa shape index (κ1) is 13.4. The molecular weight excluding hydrogens is 262 g/mol. The summed E-state index contributed by atoms with van der Waals surface area (Å²) in [5, 5.41) is 11.6. The number of aryl methyl sites for hydroxylation is 2. The molecule has 3 aromatic rings. The van der Waals surface area contributed by atoms with Gasteiger partial charge in [0.2, 0.25) is 0 Å². The highest BCUT2D eigenvalue weighted by Gasteiger charge is 2.11. The number of carboxylic acid groups (broad SMARTS) is 1. The van der Waals surface area contributed by atoms with Gasteiger partial charge in [0.05, 0.1) is 0 Å². The summed E-state index contributed by atoms with van der Waals surface area (Å²) in [6.45, 7) is 4.71. The SMILES string of the molecule is Cc1ccc2ccc(C)c(Cn3cccc3C(=O)O)c2c1. The number of carbonyl (C=O) groups is 1. The van der Waals surface area contributed by atoms with E-state index in [4.69, 9.17) is 0 Å². The third-order valence-electron chi connectivity index (χ3n) is 3.90. The first-order chi connectivity index (χ1) is 10.1. The van der Waals surface area contributed by atoms with Crippen LogP contribution in [0.25, 0.3) is 10.8 Å². The van der Waals surface area contributed by atoms with Crippen molar-refractivity contribution >= 4 is 16.7 Å². The molecule has 3 nitrogen and oxygen atoms in total. The van der Waals surface area contributed by atoms with Gasteiger partial charge in [0, 0.05) is 12.7 Å². The molecule has 0 aliphatic carbocycles. The lowest BCUT2D eigenvalue weighted by molar-refractivity contribution is 0.0685. The molecule has 106 valence electrons. The second-order valence-corrected chi connectivity index (χ2v) is 5.41. The maximum atomic E-state index is 11.3. The minimum atomic E-state index is -0.894. The molecule has 3 heteroatoms. The van der Waals surface area contributed by atoms with Crippen LogP contribution in [0.5, 0.6) is 0 Å². The van der Waals surface area contributed by atoms with Gasteiger partial charge < -0.3 is 9.67 Å². The van der Waals surface area contributed by atoms with Crippen molar-refractivity contribution in [2.75, 3.05) is 0 Å². The van der Waals surface area contributed by atoms with Crippen molar-refractivity contribution in [2.45, 2.75) is 20.4 Å². The Morgan fingerprint density at radius 3 is 2.67 bits per heavy atom. The summed E-state index contributed by atoms with van der Waals surface area (Å²) >= 11 is 0. The standard InChI is InChI=1S/C18H17NO2/c1-12-5-7-14-8-6-13(2)16(15(14)10-12)11-19-9-3-4-17(19)18(20)21/h3-10H,11H2,1-2H3,(H,20,21). The molecule has 0 amide bonds. The van der Waals surface area contributed by atoms with Gasteiger partial charge in [-0.15, -0.1) is 0 Å². The van der Waals surface area contributed by atoms with Gasteiger partial charge in [0.25, 0.3) is 0 Å². The van der Waals surface area contributed by atoms with E-state index in [0.29, 0.717) is 12.2 Å². The van der Waals surface area contributed by atoms with Crippen LogP contribution >= 0.6 is 0 Å². The summed E-state index contributed by atoms with van der Waals surface area (Å²) in [5.41, 5.74) is 3.88. The molecule has 1 N–H and O–H groups in total. The van der Waals surface area contributed by atoms with E-state index in [-0.39, 0.29) is 0 Å². The van der Waals surface area contributed by atoms with Crippen LogP contribution in [0, 0.1) is 13.8 Å². The van der Waals surface area contributed by atoms with E-state index in [0.717, 1.165) is 0 Å². The molecule has 1 aromatic heterocycles. The van der Waals surface area contributed by atoms with Crippen molar-refractivity contribution < 1.29 is 9.90 Å². The van der Waals surface area contributed by atoms with Crippen molar-refractivity contribution in [2.24, 2.45) is 0 Å². The van der Waals surface area contributed by atoms with Gasteiger partial charge >= 0.3 is 5.97 Å². The molecule has 0 aliphatic rings. The van der Waals surface area contributed by atoms with E-state index in [1.807, 2.05) is 6.20 Å². The first-order valence-corrected chi connectivity index (χ1v) is 6.93. The molecule has 0 spiro atoms. The van der Waals surface area contributed by atoms with E-state index in [9.17, 15) is 9.90 Å². The van der Waals surface area contributed by atoms with E-state index in [2.05, 4.69) is 44.2 Å². The molecule has 3 rings (SSSR count). The van der Waals surface area contributed by atoms with Crippen LogP contribution in [-0.4, -0.2) is 15.6 Å². The lowest BCUT2D eigenvalue weighted by Gasteiger charge is -2.13. The number of carboxylic acids is 1. The van der Waals surface area contributed by atoms with E-state index < -0.39 is 5.97 Å². The number of fused-ring (bicyclic) bond motifs is 1. The van der Waals surface area contributed by atoms with E-state index >= 15 is 0 Å². The van der Waals surface area contributed by atoms with E-state index in [1.54, 1.807) is 16.7 Å². The molecule has 0 aliphatic heterocycles. The number of hydrogen-bond donors (Lipinski definition) is 1. The Morgan fingerprint density at radius 1 is 1.14 bits per heavy atom. The number of nitrogens with zero attached hydrogens (tertiary/aromatic N) is 1. The molecule has 2 aromatic carbocycles. The summed E-state index contributed by atoms with van der Waals surface area (Å²) in [5.74, 6) is -0.894. The Kier molecular flexibility index (Phi) is 3.26. The lowest BCUT2D eigenvalue weighted by Crippen LogP contribution is -2.09. The number of rotatable bonds is 3. The highest BCUT2D eigenvalue weighted by molar-refractivity contribution is 5.88. The predicted molar refractivity (Wildman–Crippen MR) is 83.9 cm³/mol. The average molecular weight is 279 g/mol. The van der Waals surface area contributed by atoms with Crippen LogP contribution in [-0.2, 0) is 6.54 Å². The fourth-order valence-corrected chi connectivity index (χ4v) is 2.73. The van der Waals surface area contributed by atoms with Gasteiger partial charge in [-0.25, -0.2) is 4.79 Å². The maximum Gasteiger partial charge on any atom is 0.352 e. The molecule has 0 bridgehead atoms. The second-order valence-electron chi connectivity index (χ2n) is 5.41. The van der Waals surface area contributed by atoms with E-state index in [1.165, 1.54) is 27.5 Å². The third-order valence-corrected chi connectivity index (χ3v) is 3.90. The highest BCUT2D eigenvalue weighted by atomic mass is 16.4. The monoisotopic (exact) mass is 279 g/mol. The summed E-state index contributed by atoms with van der Waals surface area (Å²) in [7, 11) is 0. The lowest BCUT2D eigenvalue weighted by atomic mass is 9.98. The molecule has 0 saturated carbocycles. The summed E-state index contributed by atoms with van der Waals surface area (Å²) in [6.07, 6.45) is 1.82. The summed E-state index contributed by atoms with van der Waals surface area (Å²) < 4.78 is 1.78. The van der Waals surface area contributed by atoms with Crippen molar-refractivity contribution in [3.63, 3.8) is 0 Å². The second kappa shape index (κ2) is 5.09. The van der Waals surface area contributed by atoms with Crippen LogP contribution < -0.4 is 0 Å². The van der Waals surface area contributed by atoms with Gasteiger partial charge in [0.1, 0.15) is 5.69 Å². The van der Waals surface area contributed by atoms with Crippen LogP contribution in [0.4, 0.5) is 0 Å². The Bertz CT molecular complexity index is 825. The van der Waals surface area contributed by atoms with Gasteiger partial charge in [-0.1, -0.05) is 35.9 Å². The number of hydrogen-bond acceptors (Lipinski definition) is 1. The van der Waals surface area contributed by atoms with Crippen molar-refractivity contribution in [3.8, 4) is 0 Å². The molecule has 0 atom stereocenters. The summed E-state index contributed by atoms with van der Waals surface area (Å²) in [4.78, 5) is 11.3. The number of benzene rings is 2. The minimum Gasteiger partial charge on any atom is -0.477 e. The van der Waals surface area contributed by atoms with Crippen LogP contribution in [0.3, 0.4) is 0 Å². The average Bonchev–Trinajstić information content (AvgIpc) is 2.90. The largest absolute Gasteiger partial charge is 0.477 e. The van der Waals surface area contributed by atoms with Gasteiger partial charge in [-0.2, -0.15) is 0 Å². The Balaban J connectivity index is 2.15. The molecule has 1 heterocycles. The Labute approximate surface area is 123 Å². The fraction of sp³-hybridized carbons (Fsp3) is 0.167. The van der Waals surface area contributed by atoms with Gasteiger partial charge in [-0.05, 0) is 47.9 Å². The van der Waals surface area contributed by atoms with Crippen LogP contribution in [0.1, 0.15) is 27.2 Å². The molecular formula is C18H17NO2. The number of aromatic carboxylic acids is 1. The Hall–Kier alpha value is -2.55. The topological polar surface area (TPSA) is 42.2 Å². The normalized spacial score (nSPS) is 11.0. The Morgan fingerprint density at radius 2 is 1.90 bits per heavy atom. The molecule has 21 heavy (non-hydrogen) atoms. The van der Waals surface area contributed by atoms with Crippen molar-refractivity contribution in [1.29, 1.82) is 0 Å². The number of aromatic nitrogens is 1. The van der Waals surface area contributed by atoms with Crippen LogP contribution in [0.15, 0.2) is 48.7 Å². The molecule has 0 fully saturated rings. The maximum absolute atomic E-state index is 11.3. The molecule has 0 radical (unpaired) electrons. The van der Waals surface area contributed by atoms with Gasteiger partial charge in [0.15, 0.2) is 0 Å². The minimum absolute atomic E-state index is 0.319. The molecule has 0 saturated heterocycles. The zero-order valence-electron chi connectivity index (χ0n) is 12.1. The smallest absolute Gasteiger partial charge is 0.352 e. The van der Waals surface area contributed by atoms with Crippen molar-refractivity contribution in [3.05, 3.63) is 71.0 Å². The zero-order valence-corrected chi connectivity index (χ0v) is 12.1. The quantitative estimate of drug-likeness (QED) is 0.787. The fourth-order valence-electron chi connectivity index (χ4n) is 2.73. The van der Waals surface area contributed by atoms with Crippen molar-refractivity contribution in [1.82, 2.24) is 4.57 Å². The predicted octanol–water partition coefficient (Wildman–Crippen LogP) is 4.00. The first-order valence-electron chi connectivity index (χ1n) is 6.93. The van der Waals surface area contributed by atoms with Crippen LogP contribution in [0.2, 0.25) is 0 Å². The van der Waals surface area contributed by atoms with Gasteiger partial charge in [-0.3, -0.25) is 0 Å². The summed E-state index contributed by atoms with van der Waals surface area (Å²) in [6, 6.07) is 14.0. The zero-order chi connectivity index (χ0) is 15.0. The molecule has 0 unspecified atom stereocenters. The third kappa shape index (κ3) is 2.42. The highest BCUT2D eigenvalue weighted by Crippen LogP contribution is 2.25.